The van der Waals surface area contributed by atoms with Gasteiger partial charge >= 0.3 is 5.69 Å². The van der Waals surface area contributed by atoms with Crippen LogP contribution in [0.5, 0.6) is 0 Å². The smallest absolute Gasteiger partial charge is 0.328 e. The lowest BCUT2D eigenvalue weighted by Crippen LogP contribution is -2.41. The van der Waals surface area contributed by atoms with Gasteiger partial charge in [-0.2, -0.15) is 0 Å². The van der Waals surface area contributed by atoms with Crippen LogP contribution in [-0.4, -0.2) is 38.0 Å². The average Bonchev–Trinajstić information content (AvgIpc) is 3.36. The summed E-state index contributed by atoms with van der Waals surface area (Å²) >= 11 is 7.61. The van der Waals surface area contributed by atoms with Crippen LogP contribution in [0.2, 0.25) is 5.02 Å². The number of aryl methyl sites for hydroxylation is 1. The average molecular weight is 431 g/mol. The zero-order chi connectivity index (χ0) is 20.4. The van der Waals surface area contributed by atoms with E-state index >= 15 is 0 Å². The maximum atomic E-state index is 12.6. The fraction of sp³-hybridized carbons (Fsp3) is 0.381. The van der Waals surface area contributed by atoms with Crippen LogP contribution in [0.25, 0.3) is 10.6 Å². The molecule has 2 aromatic heterocycles. The molecule has 0 aliphatic carbocycles. The van der Waals surface area contributed by atoms with Crippen LogP contribution in [0, 0.1) is 0 Å². The third-order valence-corrected chi connectivity index (χ3v) is 6.60. The Kier molecular flexibility index (Phi) is 5.87. The largest absolute Gasteiger partial charge is 0.341 e. The first kappa shape index (κ1) is 19.9. The fourth-order valence-electron chi connectivity index (χ4n) is 3.68. The van der Waals surface area contributed by atoms with E-state index in [0.717, 1.165) is 34.1 Å². The molecule has 3 heterocycles. The van der Waals surface area contributed by atoms with Crippen molar-refractivity contribution in [3.63, 3.8) is 0 Å². The van der Waals surface area contributed by atoms with Gasteiger partial charge in [-0.3, -0.25) is 13.9 Å². The lowest BCUT2D eigenvalue weighted by molar-refractivity contribution is -0.132. The molecule has 3 aromatic rings. The van der Waals surface area contributed by atoms with E-state index in [9.17, 15) is 9.59 Å². The number of hydrogen-bond donors (Lipinski definition) is 0. The van der Waals surface area contributed by atoms with Gasteiger partial charge in [0.25, 0.3) is 0 Å². The second-order valence-corrected chi connectivity index (χ2v) is 8.53. The monoisotopic (exact) mass is 430 g/mol. The summed E-state index contributed by atoms with van der Waals surface area (Å²) in [6.45, 7) is 4.02. The zero-order valence-corrected chi connectivity index (χ0v) is 17.8. The minimum Gasteiger partial charge on any atom is -0.341 e. The fourth-order valence-corrected chi connectivity index (χ4v) is 4.72. The number of amides is 1. The molecule has 29 heavy (non-hydrogen) atoms. The molecule has 0 atom stereocenters. The number of rotatable bonds is 5. The molecule has 1 saturated heterocycles. The van der Waals surface area contributed by atoms with Crippen LogP contribution in [-0.2, 0) is 17.9 Å². The van der Waals surface area contributed by atoms with Crippen molar-refractivity contribution in [3.8, 4) is 10.6 Å². The van der Waals surface area contributed by atoms with Crippen molar-refractivity contribution in [1.29, 1.82) is 0 Å². The number of thiazole rings is 1. The summed E-state index contributed by atoms with van der Waals surface area (Å²) in [4.78, 5) is 31.4. The minimum atomic E-state index is -0.132. The van der Waals surface area contributed by atoms with E-state index in [2.05, 4.69) is 5.38 Å². The third-order valence-electron chi connectivity index (χ3n) is 5.44. The highest BCUT2D eigenvalue weighted by atomic mass is 35.5. The van der Waals surface area contributed by atoms with E-state index in [4.69, 9.17) is 16.6 Å². The van der Waals surface area contributed by atoms with Crippen LogP contribution in [0.3, 0.4) is 0 Å². The molecule has 1 aliphatic heterocycles. The topological polar surface area (TPSA) is 60.1 Å². The Morgan fingerprint density at radius 3 is 2.52 bits per heavy atom. The summed E-state index contributed by atoms with van der Waals surface area (Å²) in [7, 11) is 0. The van der Waals surface area contributed by atoms with Crippen molar-refractivity contribution in [2.75, 3.05) is 13.1 Å². The molecule has 0 unspecified atom stereocenters. The molecule has 0 radical (unpaired) electrons. The number of hydrogen-bond acceptors (Lipinski definition) is 4. The number of piperidine rings is 1. The second kappa shape index (κ2) is 8.55. The van der Waals surface area contributed by atoms with Crippen LogP contribution < -0.4 is 5.69 Å². The number of nitrogens with zero attached hydrogens (tertiary/aromatic N) is 4. The maximum absolute atomic E-state index is 12.6. The van der Waals surface area contributed by atoms with E-state index in [1.807, 2.05) is 36.1 Å². The highest BCUT2D eigenvalue weighted by molar-refractivity contribution is 7.13. The number of imidazole rings is 1. The summed E-state index contributed by atoms with van der Waals surface area (Å²) in [5, 5.41) is 3.84. The maximum Gasteiger partial charge on any atom is 0.328 e. The lowest BCUT2D eigenvalue weighted by Gasteiger charge is -2.31. The number of aromatic nitrogens is 3. The predicted molar refractivity (Wildman–Crippen MR) is 115 cm³/mol. The standard InChI is InChI=1S/C21H23ClN4O2S/c1-2-24-11-12-26(21(24)28)13-19(27)25-9-7-15(8-10-25)18-14-29-20(23-18)16-3-5-17(22)6-4-16/h3-6,11-12,14-15H,2,7-10,13H2,1H3. The normalized spacial score (nSPS) is 15.0. The highest BCUT2D eigenvalue weighted by Crippen LogP contribution is 2.32. The SMILES string of the molecule is CCn1ccn(CC(=O)N2CCC(c3csc(-c4ccc(Cl)cc4)n3)CC2)c1=O. The molecule has 152 valence electrons. The van der Waals surface area contributed by atoms with Crippen molar-refractivity contribution < 1.29 is 4.79 Å². The Bertz CT molecular complexity index is 1050. The Balaban J connectivity index is 1.35. The number of carbonyl (C=O) groups excluding carboxylic acids is 1. The molecule has 1 fully saturated rings. The molecule has 1 amide bonds. The van der Waals surface area contributed by atoms with Gasteiger partial charge in [0.2, 0.25) is 5.91 Å². The minimum absolute atomic E-state index is 0.000431. The van der Waals surface area contributed by atoms with Gasteiger partial charge in [0.05, 0.1) is 5.69 Å². The molecule has 0 bridgehead atoms. The van der Waals surface area contributed by atoms with E-state index in [-0.39, 0.29) is 18.1 Å². The number of carbonyl (C=O) groups is 1. The Labute approximate surface area is 178 Å². The number of likely N-dealkylation sites (tertiary alicyclic amines) is 1. The Morgan fingerprint density at radius 1 is 1.17 bits per heavy atom. The van der Waals surface area contributed by atoms with Gasteiger partial charge in [-0.05, 0) is 31.9 Å². The number of benzene rings is 1. The first-order chi connectivity index (χ1) is 14.0. The van der Waals surface area contributed by atoms with Gasteiger partial charge in [0, 0.05) is 53.9 Å². The van der Waals surface area contributed by atoms with Gasteiger partial charge in [0.1, 0.15) is 11.6 Å². The van der Waals surface area contributed by atoms with Crippen LogP contribution in [0.1, 0.15) is 31.4 Å². The van der Waals surface area contributed by atoms with Crippen molar-refractivity contribution in [2.24, 2.45) is 0 Å². The molecule has 8 heteroatoms. The van der Waals surface area contributed by atoms with Crippen molar-refractivity contribution in [3.05, 3.63) is 63.2 Å². The van der Waals surface area contributed by atoms with Crippen LogP contribution in [0.15, 0.2) is 46.8 Å². The lowest BCUT2D eigenvalue weighted by atomic mass is 9.94. The molecule has 6 nitrogen and oxygen atoms in total. The van der Waals surface area contributed by atoms with E-state index in [1.165, 1.54) is 4.57 Å². The first-order valence-electron chi connectivity index (χ1n) is 9.80. The van der Waals surface area contributed by atoms with Crippen molar-refractivity contribution in [1.82, 2.24) is 19.0 Å². The predicted octanol–water partition coefficient (Wildman–Crippen LogP) is 3.85. The zero-order valence-electron chi connectivity index (χ0n) is 16.3. The molecular weight excluding hydrogens is 408 g/mol. The van der Waals surface area contributed by atoms with Gasteiger partial charge < -0.3 is 4.90 Å². The third kappa shape index (κ3) is 4.31. The molecule has 0 saturated carbocycles. The van der Waals surface area contributed by atoms with Gasteiger partial charge in [-0.1, -0.05) is 23.7 Å². The number of halogens is 1. The second-order valence-electron chi connectivity index (χ2n) is 7.23. The molecule has 4 rings (SSSR count). The van der Waals surface area contributed by atoms with Gasteiger partial charge in [-0.25, -0.2) is 9.78 Å². The summed E-state index contributed by atoms with van der Waals surface area (Å²) in [6, 6.07) is 7.73. The molecule has 1 aliphatic rings. The van der Waals surface area contributed by atoms with Crippen molar-refractivity contribution >= 4 is 28.8 Å². The Hall–Kier alpha value is -2.38. The quantitative estimate of drug-likeness (QED) is 0.617. The Morgan fingerprint density at radius 2 is 1.86 bits per heavy atom. The van der Waals surface area contributed by atoms with Gasteiger partial charge in [-0.15, -0.1) is 11.3 Å². The summed E-state index contributed by atoms with van der Waals surface area (Å²) < 4.78 is 3.08. The van der Waals surface area contributed by atoms with Crippen LogP contribution >= 0.6 is 22.9 Å². The summed E-state index contributed by atoms with van der Waals surface area (Å²) in [5.74, 6) is 0.361. The molecule has 0 N–H and O–H groups in total. The molecule has 1 aromatic carbocycles. The molecular formula is C21H23ClN4O2S. The highest BCUT2D eigenvalue weighted by Gasteiger charge is 2.26. The van der Waals surface area contributed by atoms with E-state index in [0.29, 0.717) is 25.6 Å². The van der Waals surface area contributed by atoms with E-state index in [1.54, 1.807) is 28.3 Å². The summed E-state index contributed by atoms with van der Waals surface area (Å²) in [5.41, 5.74) is 2.04. The summed E-state index contributed by atoms with van der Waals surface area (Å²) in [6.07, 6.45) is 5.19. The van der Waals surface area contributed by atoms with Crippen LogP contribution in [0.4, 0.5) is 0 Å². The first-order valence-corrected chi connectivity index (χ1v) is 11.1. The van der Waals surface area contributed by atoms with Gasteiger partial charge in [0.15, 0.2) is 0 Å². The van der Waals surface area contributed by atoms with Crippen molar-refractivity contribution in [2.45, 2.75) is 38.8 Å². The molecule has 0 spiro atoms. The van der Waals surface area contributed by atoms with E-state index < -0.39 is 0 Å².